The molecule has 14 nitrogen and oxygen atoms in total. The standard InChI is InChI=1S/C40H40ClN3O11/c1-3-24-20-28-31(45)22-34(55-35(28)23-33(24)53-4-2)26-9-8-25(21-29(26)41)42-12-13-50-14-15-51-16-17-52-18-19-54-32-7-5-6-27-37(32)40(49)44(39(27)48)30-10-11-36(46)43-38(30)47/h3,5-9,20-23,30,42H,1,4,10-19H2,2H3,(H,43,46,47). The highest BCUT2D eigenvalue weighted by Crippen LogP contribution is 2.35. The maximum atomic E-state index is 13.2. The molecule has 0 spiro atoms. The van der Waals surface area contributed by atoms with Crippen LogP contribution in [0.25, 0.3) is 28.4 Å². The number of carbonyl (C=O) groups excluding carboxylic acids is 4. The van der Waals surface area contributed by atoms with Crippen molar-refractivity contribution in [3.05, 3.63) is 93.1 Å². The fourth-order valence-electron chi connectivity index (χ4n) is 6.22. The zero-order valence-corrected chi connectivity index (χ0v) is 30.9. The molecule has 3 aromatic carbocycles. The van der Waals surface area contributed by atoms with Crippen molar-refractivity contribution in [3.8, 4) is 22.8 Å². The number of amides is 4. The van der Waals surface area contributed by atoms with Crippen molar-refractivity contribution in [2.24, 2.45) is 0 Å². The molecule has 15 heteroatoms. The number of imide groups is 2. The van der Waals surface area contributed by atoms with Gasteiger partial charge in [-0.15, -0.1) is 0 Å². The zero-order chi connectivity index (χ0) is 38.9. The van der Waals surface area contributed by atoms with Gasteiger partial charge >= 0.3 is 0 Å². The van der Waals surface area contributed by atoms with Gasteiger partial charge in [0.15, 0.2) is 5.43 Å². The minimum atomic E-state index is -1.05. The molecule has 1 fully saturated rings. The Hall–Kier alpha value is -5.54. The van der Waals surface area contributed by atoms with Crippen molar-refractivity contribution < 1.29 is 47.3 Å². The molecule has 3 heterocycles. The normalized spacial score (nSPS) is 15.3. The molecular weight excluding hydrogens is 734 g/mol. The van der Waals surface area contributed by atoms with Crippen molar-refractivity contribution >= 4 is 58.0 Å². The molecule has 0 radical (unpaired) electrons. The second-order valence-corrected chi connectivity index (χ2v) is 12.8. The van der Waals surface area contributed by atoms with Crippen LogP contribution in [0.5, 0.6) is 11.5 Å². The van der Waals surface area contributed by atoms with Gasteiger partial charge < -0.3 is 33.4 Å². The van der Waals surface area contributed by atoms with Gasteiger partial charge in [-0.3, -0.25) is 34.2 Å². The highest BCUT2D eigenvalue weighted by molar-refractivity contribution is 6.33. The van der Waals surface area contributed by atoms with Crippen molar-refractivity contribution in [2.75, 3.05) is 64.7 Å². The quantitative estimate of drug-likeness (QED) is 0.0956. The number of benzene rings is 3. The Morgan fingerprint density at radius 3 is 2.33 bits per heavy atom. The highest BCUT2D eigenvalue weighted by Gasteiger charge is 2.46. The van der Waals surface area contributed by atoms with Gasteiger partial charge in [0, 0.05) is 41.9 Å². The van der Waals surface area contributed by atoms with E-state index in [4.69, 9.17) is 39.7 Å². The third-order valence-electron chi connectivity index (χ3n) is 8.85. The number of fused-ring (bicyclic) bond motifs is 2. The summed E-state index contributed by atoms with van der Waals surface area (Å²) in [6, 6.07) is 13.8. The number of carbonyl (C=O) groups is 4. The summed E-state index contributed by atoms with van der Waals surface area (Å²) in [5.41, 5.74) is 2.50. The molecule has 1 saturated heterocycles. The van der Waals surface area contributed by atoms with Gasteiger partial charge in [0.25, 0.3) is 11.8 Å². The Morgan fingerprint density at radius 1 is 0.873 bits per heavy atom. The molecule has 4 aromatic rings. The smallest absolute Gasteiger partial charge is 0.266 e. The third-order valence-corrected chi connectivity index (χ3v) is 9.16. The van der Waals surface area contributed by atoms with Crippen molar-refractivity contribution in [3.63, 3.8) is 0 Å². The maximum absolute atomic E-state index is 13.2. The predicted molar refractivity (Wildman–Crippen MR) is 204 cm³/mol. The SMILES string of the molecule is C=Cc1cc2c(=O)cc(-c3ccc(NCCOCCOCCOCCOc4cccc5c4C(=O)N(C4CCC(=O)NC4=O)C5=O)cc3Cl)oc2cc1OCC. The molecule has 0 aliphatic carbocycles. The molecule has 55 heavy (non-hydrogen) atoms. The number of nitrogens with zero attached hydrogens (tertiary/aromatic N) is 1. The number of ether oxygens (including phenoxy) is 5. The lowest BCUT2D eigenvalue weighted by Gasteiger charge is -2.27. The Bertz CT molecular complexity index is 2170. The molecule has 6 rings (SSSR count). The van der Waals surface area contributed by atoms with Gasteiger partial charge in [-0.1, -0.05) is 30.3 Å². The summed E-state index contributed by atoms with van der Waals surface area (Å²) in [5, 5.41) is 6.27. The summed E-state index contributed by atoms with van der Waals surface area (Å²) >= 11 is 6.59. The van der Waals surface area contributed by atoms with Crippen LogP contribution >= 0.6 is 11.6 Å². The average molecular weight is 774 g/mol. The van der Waals surface area contributed by atoms with Crippen molar-refractivity contribution in [2.45, 2.75) is 25.8 Å². The number of halogens is 1. The van der Waals surface area contributed by atoms with E-state index >= 15 is 0 Å². The summed E-state index contributed by atoms with van der Waals surface area (Å²) in [4.78, 5) is 63.8. The average Bonchev–Trinajstić information content (AvgIpc) is 3.42. The molecule has 1 unspecified atom stereocenters. The lowest BCUT2D eigenvalue weighted by atomic mass is 10.0. The number of hydrogen-bond donors (Lipinski definition) is 2. The first-order chi connectivity index (χ1) is 26.7. The van der Waals surface area contributed by atoms with E-state index in [1.54, 1.807) is 42.5 Å². The largest absolute Gasteiger partial charge is 0.493 e. The summed E-state index contributed by atoms with van der Waals surface area (Å²) in [6.45, 7) is 8.80. The Kier molecular flexibility index (Phi) is 13.0. The molecule has 0 saturated carbocycles. The van der Waals surface area contributed by atoms with Crippen LogP contribution in [0.3, 0.4) is 0 Å². The van der Waals surface area contributed by atoms with Gasteiger partial charge in [-0.05, 0) is 49.7 Å². The predicted octanol–water partition coefficient (Wildman–Crippen LogP) is 5.10. The molecule has 0 bridgehead atoms. The minimum Gasteiger partial charge on any atom is -0.493 e. The Morgan fingerprint density at radius 2 is 1.62 bits per heavy atom. The highest BCUT2D eigenvalue weighted by atomic mass is 35.5. The first kappa shape index (κ1) is 39.2. The fraction of sp³-hybridized carbons (Fsp3) is 0.325. The molecule has 288 valence electrons. The number of hydrogen-bond acceptors (Lipinski definition) is 12. The van der Waals surface area contributed by atoms with E-state index in [1.807, 2.05) is 13.0 Å². The van der Waals surface area contributed by atoms with Crippen LogP contribution in [-0.4, -0.2) is 94.0 Å². The molecule has 4 amide bonds. The molecule has 1 aromatic heterocycles. The first-order valence-corrected chi connectivity index (χ1v) is 18.2. The number of nitrogens with one attached hydrogen (secondary N) is 2. The van der Waals surface area contributed by atoms with E-state index in [0.717, 1.165) is 10.6 Å². The van der Waals surface area contributed by atoms with Crippen LogP contribution in [0.15, 0.2) is 70.4 Å². The zero-order valence-electron chi connectivity index (χ0n) is 30.2. The molecule has 2 aliphatic rings. The molecule has 2 N–H and O–H groups in total. The van der Waals surface area contributed by atoms with E-state index in [-0.39, 0.29) is 48.4 Å². The van der Waals surface area contributed by atoms with Gasteiger partial charge in [0.1, 0.15) is 35.5 Å². The second-order valence-electron chi connectivity index (χ2n) is 12.4. The van der Waals surface area contributed by atoms with Gasteiger partial charge in [0.2, 0.25) is 11.8 Å². The van der Waals surface area contributed by atoms with Gasteiger partial charge in [-0.25, -0.2) is 0 Å². The fourth-order valence-corrected chi connectivity index (χ4v) is 6.50. The second kappa shape index (κ2) is 18.2. The molecule has 2 aliphatic heterocycles. The number of anilines is 1. The Labute approximate surface area is 321 Å². The van der Waals surface area contributed by atoms with E-state index in [2.05, 4.69) is 17.2 Å². The lowest BCUT2D eigenvalue weighted by Crippen LogP contribution is -2.54. The van der Waals surface area contributed by atoms with Crippen LogP contribution in [0, 0.1) is 0 Å². The van der Waals surface area contributed by atoms with Crippen molar-refractivity contribution in [1.29, 1.82) is 0 Å². The van der Waals surface area contributed by atoms with Gasteiger partial charge in [-0.2, -0.15) is 0 Å². The third kappa shape index (κ3) is 9.06. The first-order valence-electron chi connectivity index (χ1n) is 17.8. The summed E-state index contributed by atoms with van der Waals surface area (Å²) in [5.74, 6) is -1.20. The van der Waals surface area contributed by atoms with Crippen LogP contribution in [-0.2, 0) is 23.8 Å². The van der Waals surface area contributed by atoms with Crippen molar-refractivity contribution in [1.82, 2.24) is 10.2 Å². The minimum absolute atomic E-state index is 0.0417. The van der Waals surface area contributed by atoms with E-state index in [9.17, 15) is 24.0 Å². The Balaban J connectivity index is 0.854. The topological polar surface area (TPSA) is 172 Å². The van der Waals surface area contributed by atoms with E-state index < -0.39 is 29.7 Å². The van der Waals surface area contributed by atoms with Crippen LogP contribution in [0.1, 0.15) is 46.0 Å². The maximum Gasteiger partial charge on any atom is 0.266 e. The lowest BCUT2D eigenvalue weighted by molar-refractivity contribution is -0.136. The summed E-state index contributed by atoms with van der Waals surface area (Å²) in [6.07, 6.45) is 1.75. The van der Waals surface area contributed by atoms with E-state index in [1.165, 1.54) is 12.1 Å². The van der Waals surface area contributed by atoms with E-state index in [0.29, 0.717) is 84.8 Å². The van der Waals surface area contributed by atoms with Gasteiger partial charge in [0.05, 0.1) is 67.8 Å². The van der Waals surface area contributed by atoms with Crippen LogP contribution in [0.2, 0.25) is 5.02 Å². The van der Waals surface area contributed by atoms with Crippen LogP contribution < -0.4 is 25.5 Å². The van der Waals surface area contributed by atoms with Crippen LogP contribution in [0.4, 0.5) is 5.69 Å². The number of piperidine rings is 1. The summed E-state index contributed by atoms with van der Waals surface area (Å²) < 4.78 is 34.3. The monoisotopic (exact) mass is 773 g/mol. The molecular formula is C40H40ClN3O11. The summed E-state index contributed by atoms with van der Waals surface area (Å²) in [7, 11) is 0. The molecule has 1 atom stereocenters. The number of rotatable bonds is 19.